The summed E-state index contributed by atoms with van der Waals surface area (Å²) in [5, 5.41) is 6.75. The summed E-state index contributed by atoms with van der Waals surface area (Å²) in [4.78, 5) is 20.9. The van der Waals surface area contributed by atoms with Crippen molar-refractivity contribution in [3.05, 3.63) is 82.1 Å². The first-order valence-corrected chi connectivity index (χ1v) is 9.09. The summed E-state index contributed by atoms with van der Waals surface area (Å²) >= 11 is 5.98. The van der Waals surface area contributed by atoms with Gasteiger partial charge in [-0.25, -0.2) is 9.97 Å². The zero-order valence-corrected chi connectivity index (χ0v) is 16.0. The van der Waals surface area contributed by atoms with E-state index in [1.807, 2.05) is 56.3 Å². The van der Waals surface area contributed by atoms with Gasteiger partial charge in [0.2, 0.25) is 5.95 Å². The molecule has 2 aromatic carbocycles. The van der Waals surface area contributed by atoms with Crippen molar-refractivity contribution in [2.75, 3.05) is 11.9 Å². The molecule has 0 bridgehead atoms. The summed E-state index contributed by atoms with van der Waals surface area (Å²) in [6, 6.07) is 15.3. The molecule has 0 atom stereocenters. The van der Waals surface area contributed by atoms with Gasteiger partial charge in [-0.1, -0.05) is 35.9 Å². The van der Waals surface area contributed by atoms with Crippen LogP contribution in [0.15, 0.2) is 54.7 Å². The summed E-state index contributed by atoms with van der Waals surface area (Å²) in [5.41, 5.74) is 4.54. The van der Waals surface area contributed by atoms with E-state index in [1.54, 1.807) is 12.3 Å². The molecule has 3 rings (SSSR count). The highest BCUT2D eigenvalue weighted by Gasteiger charge is 2.09. The Labute approximate surface area is 163 Å². The van der Waals surface area contributed by atoms with Gasteiger partial charge in [-0.15, -0.1) is 0 Å². The monoisotopic (exact) mass is 380 g/mol. The largest absolute Gasteiger partial charge is 0.350 e. The molecular weight excluding hydrogens is 360 g/mol. The van der Waals surface area contributed by atoms with E-state index in [0.717, 1.165) is 22.4 Å². The number of anilines is 2. The van der Waals surface area contributed by atoms with Crippen molar-refractivity contribution in [1.82, 2.24) is 15.3 Å². The molecule has 0 fully saturated rings. The maximum absolute atomic E-state index is 12.4. The summed E-state index contributed by atoms with van der Waals surface area (Å²) < 4.78 is 0. The van der Waals surface area contributed by atoms with Crippen molar-refractivity contribution in [2.24, 2.45) is 0 Å². The molecule has 0 saturated carbocycles. The van der Waals surface area contributed by atoms with Crippen LogP contribution < -0.4 is 10.6 Å². The van der Waals surface area contributed by atoms with Crippen LogP contribution in [0.25, 0.3) is 0 Å². The Morgan fingerprint density at radius 3 is 2.78 bits per heavy atom. The fraction of sp³-hybridized carbons (Fsp3) is 0.190. The van der Waals surface area contributed by atoms with E-state index in [1.165, 1.54) is 0 Å². The predicted octanol–water partition coefficient (Wildman–Crippen LogP) is 4.46. The summed E-state index contributed by atoms with van der Waals surface area (Å²) in [6.45, 7) is 4.53. The van der Waals surface area contributed by atoms with Crippen molar-refractivity contribution < 1.29 is 4.79 Å². The molecule has 5 nitrogen and oxygen atoms in total. The molecule has 0 radical (unpaired) electrons. The fourth-order valence-electron chi connectivity index (χ4n) is 2.64. The lowest BCUT2D eigenvalue weighted by atomic mass is 10.1. The molecule has 1 heterocycles. The molecular formula is C21H21ClN4O. The van der Waals surface area contributed by atoms with Crippen molar-refractivity contribution in [1.29, 1.82) is 0 Å². The van der Waals surface area contributed by atoms with E-state index < -0.39 is 0 Å². The molecule has 0 saturated heterocycles. The van der Waals surface area contributed by atoms with Crippen LogP contribution in [0.4, 0.5) is 11.6 Å². The van der Waals surface area contributed by atoms with Crippen LogP contribution in [-0.4, -0.2) is 22.4 Å². The van der Waals surface area contributed by atoms with Crippen LogP contribution >= 0.6 is 11.6 Å². The maximum atomic E-state index is 12.4. The fourth-order valence-corrected chi connectivity index (χ4v) is 2.85. The number of hydrogen-bond acceptors (Lipinski definition) is 4. The quantitative estimate of drug-likeness (QED) is 0.662. The van der Waals surface area contributed by atoms with Gasteiger partial charge in [0.05, 0.1) is 0 Å². The van der Waals surface area contributed by atoms with E-state index >= 15 is 0 Å². The van der Waals surface area contributed by atoms with E-state index in [2.05, 4.69) is 20.6 Å². The van der Waals surface area contributed by atoms with Crippen LogP contribution in [0.2, 0.25) is 5.02 Å². The van der Waals surface area contributed by atoms with Gasteiger partial charge in [0, 0.05) is 23.5 Å². The molecule has 138 valence electrons. The number of aryl methyl sites for hydroxylation is 2. The molecule has 6 heteroatoms. The average molecular weight is 381 g/mol. The highest BCUT2D eigenvalue weighted by molar-refractivity contribution is 6.30. The summed E-state index contributed by atoms with van der Waals surface area (Å²) in [6.07, 6.45) is 2.28. The number of aromatic nitrogens is 2. The maximum Gasteiger partial charge on any atom is 0.270 e. The highest BCUT2D eigenvalue weighted by atomic mass is 35.5. The smallest absolute Gasteiger partial charge is 0.270 e. The number of hydrogen-bond donors (Lipinski definition) is 2. The number of nitrogens with one attached hydrogen (secondary N) is 2. The van der Waals surface area contributed by atoms with Gasteiger partial charge in [0.1, 0.15) is 5.69 Å². The Morgan fingerprint density at radius 2 is 1.96 bits per heavy atom. The van der Waals surface area contributed by atoms with Gasteiger partial charge in [-0.2, -0.15) is 0 Å². The van der Waals surface area contributed by atoms with Gasteiger partial charge >= 0.3 is 0 Å². The van der Waals surface area contributed by atoms with Crippen LogP contribution in [-0.2, 0) is 6.42 Å². The topological polar surface area (TPSA) is 66.9 Å². The first-order chi connectivity index (χ1) is 13.0. The van der Waals surface area contributed by atoms with Gasteiger partial charge in [0.15, 0.2) is 0 Å². The molecule has 27 heavy (non-hydrogen) atoms. The van der Waals surface area contributed by atoms with Crippen LogP contribution in [0.5, 0.6) is 0 Å². The number of carbonyl (C=O) groups excluding carboxylic acids is 1. The number of carbonyl (C=O) groups is 1. The standard InChI is InChI=1S/C21H21ClN4O/c1-14-6-7-15(2)19(12-14)26-21-24-11-9-18(25-21)20(27)23-10-8-16-4-3-5-17(22)13-16/h3-7,9,11-13H,8,10H2,1-2H3,(H,23,27)(H,24,25,26). The van der Waals surface area contributed by atoms with Gasteiger partial charge in [-0.3, -0.25) is 4.79 Å². The number of nitrogens with zero attached hydrogens (tertiary/aromatic N) is 2. The third-order valence-electron chi connectivity index (χ3n) is 4.12. The Balaban J connectivity index is 1.62. The van der Waals surface area contributed by atoms with E-state index in [4.69, 9.17) is 11.6 Å². The molecule has 0 aliphatic carbocycles. The van der Waals surface area contributed by atoms with Crippen molar-refractivity contribution in [3.63, 3.8) is 0 Å². The van der Waals surface area contributed by atoms with Gasteiger partial charge in [-0.05, 0) is 61.2 Å². The number of rotatable bonds is 6. The zero-order valence-electron chi connectivity index (χ0n) is 15.3. The molecule has 0 aliphatic heterocycles. The lowest BCUT2D eigenvalue weighted by Gasteiger charge is -2.10. The molecule has 1 amide bonds. The average Bonchev–Trinajstić information content (AvgIpc) is 2.65. The highest BCUT2D eigenvalue weighted by Crippen LogP contribution is 2.19. The third kappa shape index (κ3) is 5.28. The number of amides is 1. The minimum Gasteiger partial charge on any atom is -0.350 e. The number of benzene rings is 2. The molecule has 0 spiro atoms. The zero-order chi connectivity index (χ0) is 19.2. The van der Waals surface area contributed by atoms with Crippen LogP contribution in [0, 0.1) is 13.8 Å². The van der Waals surface area contributed by atoms with Crippen molar-refractivity contribution in [3.8, 4) is 0 Å². The Morgan fingerprint density at radius 1 is 1.11 bits per heavy atom. The first-order valence-electron chi connectivity index (χ1n) is 8.71. The molecule has 3 aromatic rings. The summed E-state index contributed by atoms with van der Waals surface area (Å²) in [5.74, 6) is 0.162. The molecule has 1 aromatic heterocycles. The normalized spacial score (nSPS) is 10.5. The minimum absolute atomic E-state index is 0.233. The van der Waals surface area contributed by atoms with Crippen molar-refractivity contribution >= 4 is 29.1 Å². The second kappa shape index (κ2) is 8.64. The van der Waals surface area contributed by atoms with E-state index in [-0.39, 0.29) is 5.91 Å². The second-order valence-corrected chi connectivity index (χ2v) is 6.78. The van der Waals surface area contributed by atoms with Gasteiger partial charge < -0.3 is 10.6 Å². The molecule has 0 aliphatic rings. The first kappa shape index (κ1) is 18.9. The Hall–Kier alpha value is -2.92. The van der Waals surface area contributed by atoms with E-state index in [0.29, 0.717) is 29.6 Å². The Kier molecular flexibility index (Phi) is 6.04. The van der Waals surface area contributed by atoms with Crippen LogP contribution in [0.1, 0.15) is 27.2 Å². The third-order valence-corrected chi connectivity index (χ3v) is 4.35. The minimum atomic E-state index is -0.233. The summed E-state index contributed by atoms with van der Waals surface area (Å²) in [7, 11) is 0. The molecule has 0 unspecified atom stereocenters. The van der Waals surface area contributed by atoms with Crippen LogP contribution in [0.3, 0.4) is 0 Å². The van der Waals surface area contributed by atoms with E-state index in [9.17, 15) is 4.79 Å². The lowest BCUT2D eigenvalue weighted by molar-refractivity contribution is 0.0949. The number of halogens is 1. The molecule has 2 N–H and O–H groups in total. The van der Waals surface area contributed by atoms with Gasteiger partial charge in [0.25, 0.3) is 5.91 Å². The second-order valence-electron chi connectivity index (χ2n) is 6.34. The lowest BCUT2D eigenvalue weighted by Crippen LogP contribution is -2.26. The Bertz CT molecular complexity index is 958. The van der Waals surface area contributed by atoms with Crippen molar-refractivity contribution in [2.45, 2.75) is 20.3 Å². The SMILES string of the molecule is Cc1ccc(C)c(Nc2nccc(C(=O)NCCc3cccc(Cl)c3)n2)c1. The predicted molar refractivity (Wildman–Crippen MR) is 109 cm³/mol.